The summed E-state index contributed by atoms with van der Waals surface area (Å²) in [7, 11) is 0. The first-order chi connectivity index (χ1) is 11.3. The van der Waals surface area contributed by atoms with Gasteiger partial charge in [0.25, 0.3) is 0 Å². The normalized spacial score (nSPS) is 16.3. The van der Waals surface area contributed by atoms with Crippen molar-refractivity contribution in [2.45, 2.75) is 25.9 Å². The Morgan fingerprint density at radius 3 is 3.00 bits per heavy atom. The first-order valence-electron chi connectivity index (χ1n) is 7.82. The van der Waals surface area contributed by atoms with Crippen molar-refractivity contribution < 1.29 is 9.53 Å². The Morgan fingerprint density at radius 1 is 1.48 bits per heavy atom. The molecule has 23 heavy (non-hydrogen) atoms. The number of amides is 1. The molecular formula is C15H21N5O2S. The molecule has 0 spiro atoms. The van der Waals surface area contributed by atoms with E-state index in [1.165, 1.54) is 0 Å². The lowest BCUT2D eigenvalue weighted by molar-refractivity contribution is -0.124. The topological polar surface area (TPSA) is 72.3 Å². The zero-order chi connectivity index (χ0) is 16.1. The Bertz CT molecular complexity index is 622. The second-order valence-corrected chi connectivity index (χ2v) is 6.19. The molecule has 1 aliphatic heterocycles. The molecule has 2 aromatic rings. The van der Waals surface area contributed by atoms with Crippen molar-refractivity contribution in [2.24, 2.45) is 0 Å². The van der Waals surface area contributed by atoms with Crippen LogP contribution in [0.15, 0.2) is 23.8 Å². The van der Waals surface area contributed by atoms with Crippen molar-refractivity contribution in [1.29, 1.82) is 0 Å². The van der Waals surface area contributed by atoms with Crippen LogP contribution in [0.1, 0.15) is 25.1 Å². The van der Waals surface area contributed by atoms with Gasteiger partial charge in [-0.1, -0.05) is 6.92 Å². The predicted octanol–water partition coefficient (Wildman–Crippen LogP) is 1.44. The second-order valence-electron chi connectivity index (χ2n) is 5.35. The maximum absolute atomic E-state index is 12.3. The van der Waals surface area contributed by atoms with Crippen LogP contribution in [0.2, 0.25) is 0 Å². The van der Waals surface area contributed by atoms with E-state index < -0.39 is 0 Å². The molecule has 0 unspecified atom stereocenters. The van der Waals surface area contributed by atoms with E-state index in [9.17, 15) is 4.79 Å². The first kappa shape index (κ1) is 15.9. The van der Waals surface area contributed by atoms with Crippen molar-refractivity contribution in [1.82, 2.24) is 20.1 Å². The number of carbonyl (C=O) groups is 1. The average Bonchev–Trinajstić information content (AvgIpc) is 3.26. The number of carbonyl (C=O) groups excluding carboxylic acids is 1. The molecule has 3 rings (SSSR count). The lowest BCUT2D eigenvalue weighted by atomic mass is 10.2. The van der Waals surface area contributed by atoms with Crippen molar-refractivity contribution in [3.63, 3.8) is 0 Å². The molecule has 1 aliphatic rings. The number of nitrogens with zero attached hydrogens (tertiary/aromatic N) is 4. The van der Waals surface area contributed by atoms with E-state index in [2.05, 4.69) is 20.3 Å². The van der Waals surface area contributed by atoms with Gasteiger partial charge >= 0.3 is 0 Å². The van der Waals surface area contributed by atoms with Crippen LogP contribution < -0.4 is 10.2 Å². The molecule has 124 valence electrons. The summed E-state index contributed by atoms with van der Waals surface area (Å²) in [5.74, 6) is -0.0304. The standard InChI is InChI=1S/C15H21N5O2S/c1-2-13(20-5-3-4-17-20)14(21)16-10-12-11-23-15(18-12)19-6-8-22-9-7-19/h3-5,11,13H,2,6-10H2,1H3,(H,16,21)/t13-/m1/s1. The summed E-state index contributed by atoms with van der Waals surface area (Å²) < 4.78 is 7.04. The zero-order valence-electron chi connectivity index (χ0n) is 13.1. The van der Waals surface area contributed by atoms with Gasteiger partial charge in [0.05, 0.1) is 25.5 Å². The molecule has 1 saturated heterocycles. The molecule has 0 radical (unpaired) electrons. The van der Waals surface area contributed by atoms with E-state index >= 15 is 0 Å². The highest BCUT2D eigenvalue weighted by atomic mass is 32.1. The summed E-state index contributed by atoms with van der Waals surface area (Å²) in [6.07, 6.45) is 4.20. The van der Waals surface area contributed by atoms with Crippen LogP contribution in [-0.2, 0) is 16.1 Å². The third-order valence-electron chi connectivity index (χ3n) is 3.80. The number of anilines is 1. The van der Waals surface area contributed by atoms with E-state index in [-0.39, 0.29) is 11.9 Å². The fourth-order valence-corrected chi connectivity index (χ4v) is 3.41. The van der Waals surface area contributed by atoms with Crippen LogP contribution in [0.3, 0.4) is 0 Å². The van der Waals surface area contributed by atoms with Gasteiger partial charge < -0.3 is 15.0 Å². The second kappa shape index (κ2) is 7.56. The Balaban J connectivity index is 1.55. The van der Waals surface area contributed by atoms with Crippen LogP contribution in [0.4, 0.5) is 5.13 Å². The number of morpholine rings is 1. The van der Waals surface area contributed by atoms with E-state index in [0.717, 1.165) is 37.1 Å². The van der Waals surface area contributed by atoms with Crippen molar-refractivity contribution in [2.75, 3.05) is 31.2 Å². The van der Waals surface area contributed by atoms with Gasteiger partial charge in [-0.05, 0) is 12.5 Å². The van der Waals surface area contributed by atoms with Gasteiger partial charge in [0.15, 0.2) is 5.13 Å². The third-order valence-corrected chi connectivity index (χ3v) is 4.75. The molecule has 0 bridgehead atoms. The zero-order valence-corrected chi connectivity index (χ0v) is 14.0. The maximum atomic E-state index is 12.3. The van der Waals surface area contributed by atoms with Gasteiger partial charge in [-0.2, -0.15) is 5.10 Å². The van der Waals surface area contributed by atoms with Gasteiger partial charge in [0.2, 0.25) is 5.91 Å². The average molecular weight is 335 g/mol. The van der Waals surface area contributed by atoms with Crippen LogP contribution >= 0.6 is 11.3 Å². The van der Waals surface area contributed by atoms with Gasteiger partial charge in [-0.15, -0.1) is 11.3 Å². The number of ether oxygens (including phenoxy) is 1. The number of thiazole rings is 1. The highest BCUT2D eigenvalue weighted by molar-refractivity contribution is 7.13. The predicted molar refractivity (Wildman–Crippen MR) is 88.5 cm³/mol. The molecule has 0 saturated carbocycles. The van der Waals surface area contributed by atoms with Crippen LogP contribution in [0.5, 0.6) is 0 Å². The molecule has 1 N–H and O–H groups in total. The van der Waals surface area contributed by atoms with Gasteiger partial charge in [0, 0.05) is 30.9 Å². The fraction of sp³-hybridized carbons (Fsp3) is 0.533. The Hall–Kier alpha value is -1.93. The van der Waals surface area contributed by atoms with E-state index in [1.54, 1.807) is 22.2 Å². The third kappa shape index (κ3) is 3.89. The van der Waals surface area contributed by atoms with Crippen LogP contribution in [-0.4, -0.2) is 47.0 Å². The number of hydrogen-bond donors (Lipinski definition) is 1. The molecule has 7 nitrogen and oxygen atoms in total. The number of nitrogens with one attached hydrogen (secondary N) is 1. The molecule has 3 heterocycles. The number of rotatable bonds is 6. The van der Waals surface area contributed by atoms with Gasteiger partial charge in [0.1, 0.15) is 6.04 Å². The lowest BCUT2D eigenvalue weighted by Crippen LogP contribution is -2.36. The van der Waals surface area contributed by atoms with E-state index in [1.807, 2.05) is 24.6 Å². The molecule has 8 heteroatoms. The molecule has 0 aliphatic carbocycles. The molecule has 1 atom stereocenters. The summed E-state index contributed by atoms with van der Waals surface area (Å²) >= 11 is 1.61. The molecular weight excluding hydrogens is 314 g/mol. The smallest absolute Gasteiger partial charge is 0.245 e. The maximum Gasteiger partial charge on any atom is 0.245 e. The SMILES string of the molecule is CC[C@H](C(=O)NCc1csc(N2CCOCC2)n1)n1cccn1. The van der Waals surface area contributed by atoms with E-state index in [0.29, 0.717) is 13.0 Å². The fourth-order valence-electron chi connectivity index (χ4n) is 2.53. The summed E-state index contributed by atoms with van der Waals surface area (Å²) in [4.78, 5) is 19.2. The number of hydrogen-bond acceptors (Lipinski definition) is 6. The molecule has 2 aromatic heterocycles. The monoisotopic (exact) mass is 335 g/mol. The van der Waals surface area contributed by atoms with Crippen molar-refractivity contribution in [3.05, 3.63) is 29.5 Å². The first-order valence-corrected chi connectivity index (χ1v) is 8.70. The lowest BCUT2D eigenvalue weighted by Gasteiger charge is -2.26. The molecule has 0 aromatic carbocycles. The Kier molecular flexibility index (Phi) is 5.24. The minimum atomic E-state index is -0.276. The summed E-state index contributed by atoms with van der Waals surface area (Å²) in [5.41, 5.74) is 0.889. The summed E-state index contributed by atoms with van der Waals surface area (Å²) in [6.45, 7) is 5.65. The van der Waals surface area contributed by atoms with Gasteiger partial charge in [-0.3, -0.25) is 9.48 Å². The molecule has 1 amide bonds. The van der Waals surface area contributed by atoms with E-state index in [4.69, 9.17) is 4.74 Å². The number of aromatic nitrogens is 3. The highest BCUT2D eigenvalue weighted by Crippen LogP contribution is 2.21. The summed E-state index contributed by atoms with van der Waals surface area (Å²) in [5, 5.41) is 10.1. The Morgan fingerprint density at radius 2 is 2.30 bits per heavy atom. The van der Waals surface area contributed by atoms with Crippen molar-refractivity contribution in [3.8, 4) is 0 Å². The highest BCUT2D eigenvalue weighted by Gasteiger charge is 2.19. The minimum Gasteiger partial charge on any atom is -0.378 e. The summed E-state index contributed by atoms with van der Waals surface area (Å²) in [6, 6.07) is 1.55. The van der Waals surface area contributed by atoms with Crippen LogP contribution in [0, 0.1) is 0 Å². The minimum absolute atomic E-state index is 0.0304. The van der Waals surface area contributed by atoms with Gasteiger partial charge in [-0.25, -0.2) is 4.98 Å². The van der Waals surface area contributed by atoms with Crippen molar-refractivity contribution >= 4 is 22.4 Å². The Labute approximate surface area is 139 Å². The largest absolute Gasteiger partial charge is 0.378 e. The quantitative estimate of drug-likeness (QED) is 0.865. The molecule has 1 fully saturated rings. The van der Waals surface area contributed by atoms with Crippen LogP contribution in [0.25, 0.3) is 0 Å².